The molecule has 9 heteroatoms. The predicted octanol–water partition coefficient (Wildman–Crippen LogP) is 2.14. The molecule has 0 fully saturated rings. The zero-order valence-electron chi connectivity index (χ0n) is 14.6. The lowest BCUT2D eigenvalue weighted by molar-refractivity contribution is -0.141. The van der Waals surface area contributed by atoms with Crippen LogP contribution in [0.1, 0.15) is 11.1 Å². The average molecular weight is 398 g/mol. The van der Waals surface area contributed by atoms with Gasteiger partial charge in [-0.25, -0.2) is 4.79 Å². The highest BCUT2D eigenvalue weighted by atomic mass is 35.5. The van der Waals surface area contributed by atoms with E-state index < -0.39 is 17.9 Å². The van der Waals surface area contributed by atoms with Crippen LogP contribution >= 0.6 is 11.6 Å². The Hall–Kier alpha value is -3.52. The molecule has 0 aliphatic rings. The molecule has 3 rings (SSSR count). The molecule has 8 nitrogen and oxygen atoms in total. The second kappa shape index (κ2) is 8.92. The van der Waals surface area contributed by atoms with Gasteiger partial charge in [-0.05, 0) is 40.3 Å². The maximum atomic E-state index is 12.3. The molecule has 2 aromatic carbocycles. The number of carboxylic acid groups (broad SMARTS) is 1. The fourth-order valence-corrected chi connectivity index (χ4v) is 2.75. The molecule has 0 spiro atoms. The van der Waals surface area contributed by atoms with Gasteiger partial charge in [0.2, 0.25) is 5.91 Å². The van der Waals surface area contributed by atoms with Crippen molar-refractivity contribution in [1.29, 1.82) is 0 Å². The number of amides is 1. The average Bonchev–Trinajstić information content (AvgIpc) is 3.21. The van der Waals surface area contributed by atoms with Crippen LogP contribution in [0.15, 0.2) is 60.9 Å². The molecule has 1 heterocycles. The molecule has 1 unspecified atom stereocenters. The molecule has 0 radical (unpaired) electrons. The van der Waals surface area contributed by atoms with E-state index in [1.807, 2.05) is 30.3 Å². The van der Waals surface area contributed by atoms with Gasteiger partial charge in [0.15, 0.2) is 0 Å². The Kier molecular flexibility index (Phi) is 6.13. The van der Waals surface area contributed by atoms with Gasteiger partial charge in [-0.1, -0.05) is 41.9 Å². The molecule has 0 bridgehead atoms. The maximum absolute atomic E-state index is 12.3. The molecule has 0 aliphatic heterocycles. The van der Waals surface area contributed by atoms with Crippen LogP contribution in [0.2, 0.25) is 5.02 Å². The molecular formula is C19H16ClN5O3. The van der Waals surface area contributed by atoms with Gasteiger partial charge in [-0.3, -0.25) is 4.79 Å². The van der Waals surface area contributed by atoms with Crippen molar-refractivity contribution in [2.75, 3.05) is 0 Å². The molecule has 0 saturated heterocycles. The Morgan fingerprint density at radius 1 is 1.21 bits per heavy atom. The summed E-state index contributed by atoms with van der Waals surface area (Å²) in [7, 11) is 0. The Morgan fingerprint density at radius 3 is 2.68 bits per heavy atom. The van der Waals surface area contributed by atoms with E-state index in [9.17, 15) is 14.7 Å². The van der Waals surface area contributed by atoms with Crippen LogP contribution in [-0.4, -0.2) is 43.2 Å². The van der Waals surface area contributed by atoms with Crippen LogP contribution in [-0.2, 0) is 16.0 Å². The normalized spacial score (nSPS) is 12.0. The van der Waals surface area contributed by atoms with Gasteiger partial charge >= 0.3 is 5.97 Å². The first kappa shape index (κ1) is 19.2. The number of nitrogens with zero attached hydrogens (tertiary/aromatic N) is 4. The highest BCUT2D eigenvalue weighted by Gasteiger charge is 2.19. The third-order valence-electron chi connectivity index (χ3n) is 3.90. The third kappa shape index (κ3) is 5.01. The lowest BCUT2D eigenvalue weighted by Crippen LogP contribution is -2.41. The summed E-state index contributed by atoms with van der Waals surface area (Å²) in [6, 6.07) is 13.1. The lowest BCUT2D eigenvalue weighted by Gasteiger charge is -2.13. The number of nitrogens with one attached hydrogen (secondary N) is 1. The highest BCUT2D eigenvalue weighted by molar-refractivity contribution is 6.30. The smallest absolute Gasteiger partial charge is 0.326 e. The molecule has 1 aromatic heterocycles. The molecule has 0 saturated carbocycles. The second-order valence-electron chi connectivity index (χ2n) is 5.88. The van der Waals surface area contributed by atoms with Crippen molar-refractivity contribution >= 4 is 29.6 Å². The van der Waals surface area contributed by atoms with Gasteiger partial charge < -0.3 is 10.4 Å². The molecular weight excluding hydrogens is 382 g/mol. The minimum absolute atomic E-state index is 0.183. The first-order valence-corrected chi connectivity index (χ1v) is 8.69. The van der Waals surface area contributed by atoms with Gasteiger partial charge in [-0.2, -0.15) is 4.68 Å². The van der Waals surface area contributed by atoms with Crippen LogP contribution < -0.4 is 5.32 Å². The van der Waals surface area contributed by atoms with Crippen molar-refractivity contribution in [2.45, 2.75) is 12.5 Å². The highest BCUT2D eigenvalue weighted by Crippen LogP contribution is 2.20. The summed E-state index contributed by atoms with van der Waals surface area (Å²) in [5.41, 5.74) is 2.04. The number of tetrazole rings is 1. The summed E-state index contributed by atoms with van der Waals surface area (Å²) in [6.45, 7) is 0. The first-order valence-electron chi connectivity index (χ1n) is 8.31. The SMILES string of the molecule is O=C(C=Cc1cc(Cl)ccc1-n1cnnn1)NC(Cc1ccccc1)C(=O)O. The van der Waals surface area contributed by atoms with Crippen LogP contribution in [0.4, 0.5) is 0 Å². The molecule has 2 N–H and O–H groups in total. The van der Waals surface area contributed by atoms with Crippen LogP contribution in [0.3, 0.4) is 0 Å². The summed E-state index contributed by atoms with van der Waals surface area (Å²) in [5, 5.41) is 23.4. The zero-order chi connectivity index (χ0) is 19.9. The predicted molar refractivity (Wildman–Crippen MR) is 103 cm³/mol. The van der Waals surface area contributed by atoms with Crippen molar-refractivity contribution in [3.8, 4) is 5.69 Å². The van der Waals surface area contributed by atoms with E-state index in [0.717, 1.165) is 5.56 Å². The summed E-state index contributed by atoms with van der Waals surface area (Å²) in [5.74, 6) is -1.64. The van der Waals surface area contributed by atoms with Crippen molar-refractivity contribution in [1.82, 2.24) is 25.5 Å². The van der Waals surface area contributed by atoms with Gasteiger partial charge in [0.25, 0.3) is 0 Å². The standard InChI is InChI=1S/C19H16ClN5O3/c20-15-7-8-17(25-12-21-23-24-25)14(11-15)6-9-18(26)22-16(19(27)28)10-13-4-2-1-3-5-13/h1-9,11-12,16H,10H2,(H,22,26)(H,27,28). The Labute approximate surface area is 165 Å². The number of carbonyl (C=O) groups is 2. The van der Waals surface area contributed by atoms with E-state index in [2.05, 4.69) is 20.8 Å². The van der Waals surface area contributed by atoms with Gasteiger partial charge in [0.1, 0.15) is 12.4 Å². The first-order chi connectivity index (χ1) is 13.5. The van der Waals surface area contributed by atoms with Gasteiger partial charge in [-0.15, -0.1) is 5.10 Å². The minimum atomic E-state index is -1.11. The van der Waals surface area contributed by atoms with Gasteiger partial charge in [0, 0.05) is 23.1 Å². The van der Waals surface area contributed by atoms with Crippen molar-refractivity contribution in [3.63, 3.8) is 0 Å². The summed E-state index contributed by atoms with van der Waals surface area (Å²) in [4.78, 5) is 23.7. The van der Waals surface area contributed by atoms with E-state index in [1.165, 1.54) is 23.2 Å². The fraction of sp³-hybridized carbons (Fsp3) is 0.105. The number of hydrogen-bond donors (Lipinski definition) is 2. The number of carbonyl (C=O) groups excluding carboxylic acids is 1. The Morgan fingerprint density at radius 2 is 2.00 bits per heavy atom. The number of hydrogen-bond acceptors (Lipinski definition) is 5. The summed E-state index contributed by atoms with van der Waals surface area (Å²) in [6.07, 6.45) is 4.38. The van der Waals surface area contributed by atoms with Crippen molar-refractivity contribution in [2.24, 2.45) is 0 Å². The van der Waals surface area contributed by atoms with E-state index >= 15 is 0 Å². The number of rotatable bonds is 7. The molecule has 3 aromatic rings. The maximum Gasteiger partial charge on any atom is 0.326 e. The summed E-state index contributed by atoms with van der Waals surface area (Å²) >= 11 is 6.04. The Bertz CT molecular complexity index is 990. The number of aliphatic carboxylic acids is 1. The largest absolute Gasteiger partial charge is 0.480 e. The molecule has 142 valence electrons. The van der Waals surface area contributed by atoms with Crippen LogP contribution in [0, 0.1) is 0 Å². The molecule has 1 atom stereocenters. The van der Waals surface area contributed by atoms with E-state index in [4.69, 9.17) is 11.6 Å². The van der Waals surface area contributed by atoms with E-state index in [-0.39, 0.29) is 6.42 Å². The van der Waals surface area contributed by atoms with Crippen molar-refractivity contribution < 1.29 is 14.7 Å². The van der Waals surface area contributed by atoms with Crippen molar-refractivity contribution in [3.05, 3.63) is 77.1 Å². The van der Waals surface area contributed by atoms with Crippen LogP contribution in [0.25, 0.3) is 11.8 Å². The van der Waals surface area contributed by atoms with Crippen LogP contribution in [0.5, 0.6) is 0 Å². The lowest BCUT2D eigenvalue weighted by atomic mass is 10.1. The fourth-order valence-electron chi connectivity index (χ4n) is 2.57. The number of aromatic nitrogens is 4. The Balaban J connectivity index is 1.74. The monoisotopic (exact) mass is 397 g/mol. The molecule has 1 amide bonds. The van der Waals surface area contributed by atoms with E-state index in [0.29, 0.717) is 16.3 Å². The second-order valence-corrected chi connectivity index (χ2v) is 6.32. The minimum Gasteiger partial charge on any atom is -0.480 e. The third-order valence-corrected chi connectivity index (χ3v) is 4.13. The number of carboxylic acids is 1. The molecule has 28 heavy (non-hydrogen) atoms. The number of benzene rings is 2. The quantitative estimate of drug-likeness (QED) is 0.591. The molecule has 0 aliphatic carbocycles. The van der Waals surface area contributed by atoms with Gasteiger partial charge in [0.05, 0.1) is 5.69 Å². The zero-order valence-corrected chi connectivity index (χ0v) is 15.3. The van der Waals surface area contributed by atoms with E-state index in [1.54, 1.807) is 18.2 Å². The summed E-state index contributed by atoms with van der Waals surface area (Å²) < 4.78 is 1.43. The number of halogens is 1. The topological polar surface area (TPSA) is 110 Å².